The summed E-state index contributed by atoms with van der Waals surface area (Å²) in [7, 11) is 0. The fraction of sp³-hybridized carbons (Fsp3) is 0.733. The van der Waals surface area contributed by atoms with Crippen molar-refractivity contribution < 1.29 is 0 Å². The zero-order valence-electron chi connectivity index (χ0n) is 11.0. The highest BCUT2D eigenvalue weighted by Gasteiger charge is 2.18. The van der Waals surface area contributed by atoms with E-state index in [2.05, 4.69) is 29.1 Å². The third-order valence-corrected chi connectivity index (χ3v) is 4.63. The second-order valence-corrected chi connectivity index (χ2v) is 6.07. The van der Waals surface area contributed by atoms with Gasteiger partial charge in [0.05, 0.1) is 0 Å². The van der Waals surface area contributed by atoms with Gasteiger partial charge in [0.25, 0.3) is 0 Å². The van der Waals surface area contributed by atoms with Crippen molar-refractivity contribution in [3.05, 3.63) is 22.4 Å². The molecule has 0 spiro atoms. The minimum atomic E-state index is 0.599. The van der Waals surface area contributed by atoms with Gasteiger partial charge in [-0.1, -0.05) is 32.6 Å². The topological polar surface area (TPSA) is 12.0 Å². The number of nitrogens with one attached hydrogen (secondary N) is 1. The smallest absolute Gasteiger partial charge is 0.0328 e. The molecule has 1 saturated carbocycles. The molecule has 1 fully saturated rings. The van der Waals surface area contributed by atoms with Crippen LogP contribution in [0.1, 0.15) is 63.5 Å². The van der Waals surface area contributed by atoms with Crippen molar-refractivity contribution in [3.8, 4) is 0 Å². The monoisotopic (exact) mass is 251 g/mol. The Morgan fingerprint density at radius 1 is 1.41 bits per heavy atom. The SMILES string of the molecule is CCCNC(CCC1CCCC1)c1ccsc1. The summed E-state index contributed by atoms with van der Waals surface area (Å²) in [6.07, 6.45) is 9.85. The molecule has 0 saturated heterocycles. The van der Waals surface area contributed by atoms with Crippen LogP contribution in [0.5, 0.6) is 0 Å². The predicted molar refractivity (Wildman–Crippen MR) is 76.5 cm³/mol. The van der Waals surface area contributed by atoms with Crippen LogP contribution < -0.4 is 5.32 Å². The van der Waals surface area contributed by atoms with Crippen LogP contribution in [0.3, 0.4) is 0 Å². The van der Waals surface area contributed by atoms with Crippen LogP contribution >= 0.6 is 11.3 Å². The quantitative estimate of drug-likeness (QED) is 0.737. The maximum atomic E-state index is 3.70. The minimum absolute atomic E-state index is 0.599. The Kier molecular flexibility index (Phi) is 5.53. The summed E-state index contributed by atoms with van der Waals surface area (Å²) < 4.78 is 0. The lowest BCUT2D eigenvalue weighted by Crippen LogP contribution is -2.22. The average Bonchev–Trinajstić information content (AvgIpc) is 3.01. The van der Waals surface area contributed by atoms with E-state index in [4.69, 9.17) is 0 Å². The van der Waals surface area contributed by atoms with E-state index in [1.807, 2.05) is 11.3 Å². The van der Waals surface area contributed by atoms with Gasteiger partial charge in [-0.3, -0.25) is 0 Å². The molecule has 96 valence electrons. The van der Waals surface area contributed by atoms with E-state index < -0.39 is 0 Å². The van der Waals surface area contributed by atoms with Gasteiger partial charge in [0.1, 0.15) is 0 Å². The Balaban J connectivity index is 1.82. The summed E-state index contributed by atoms with van der Waals surface area (Å²) in [4.78, 5) is 0. The molecular weight excluding hydrogens is 226 g/mol. The first-order valence-electron chi connectivity index (χ1n) is 7.15. The summed E-state index contributed by atoms with van der Waals surface area (Å²) in [6, 6.07) is 2.88. The van der Waals surface area contributed by atoms with Crippen molar-refractivity contribution in [1.29, 1.82) is 0 Å². The van der Waals surface area contributed by atoms with E-state index in [-0.39, 0.29) is 0 Å². The fourth-order valence-corrected chi connectivity index (χ4v) is 3.59. The lowest BCUT2D eigenvalue weighted by Gasteiger charge is -2.19. The number of thiophene rings is 1. The Morgan fingerprint density at radius 2 is 2.24 bits per heavy atom. The molecule has 0 bridgehead atoms. The lowest BCUT2D eigenvalue weighted by molar-refractivity contribution is 0.412. The van der Waals surface area contributed by atoms with Gasteiger partial charge in [0.15, 0.2) is 0 Å². The standard InChI is InChI=1S/C15H25NS/c1-2-10-16-15(14-9-11-17-12-14)8-7-13-5-3-4-6-13/h9,11-13,15-16H,2-8,10H2,1H3. The van der Waals surface area contributed by atoms with E-state index >= 15 is 0 Å². The molecule has 0 aromatic carbocycles. The molecule has 2 rings (SSSR count). The first-order valence-corrected chi connectivity index (χ1v) is 8.10. The minimum Gasteiger partial charge on any atom is -0.310 e. The van der Waals surface area contributed by atoms with Crippen molar-refractivity contribution in [2.24, 2.45) is 5.92 Å². The molecule has 1 heterocycles. The molecule has 2 heteroatoms. The van der Waals surface area contributed by atoms with Crippen LogP contribution in [0.25, 0.3) is 0 Å². The second kappa shape index (κ2) is 7.17. The third kappa shape index (κ3) is 4.11. The zero-order valence-corrected chi connectivity index (χ0v) is 11.8. The normalized spacial score (nSPS) is 18.6. The highest BCUT2D eigenvalue weighted by molar-refractivity contribution is 7.07. The van der Waals surface area contributed by atoms with E-state index in [0.29, 0.717) is 6.04 Å². The molecule has 1 nitrogen and oxygen atoms in total. The molecule has 1 N–H and O–H groups in total. The number of hydrogen-bond donors (Lipinski definition) is 1. The van der Waals surface area contributed by atoms with Gasteiger partial charge >= 0.3 is 0 Å². The van der Waals surface area contributed by atoms with Gasteiger partial charge in [-0.15, -0.1) is 0 Å². The molecule has 0 amide bonds. The van der Waals surface area contributed by atoms with Crippen LogP contribution in [0.15, 0.2) is 16.8 Å². The Morgan fingerprint density at radius 3 is 2.88 bits per heavy atom. The molecule has 1 aromatic rings. The van der Waals surface area contributed by atoms with Crippen LogP contribution in [0.4, 0.5) is 0 Å². The number of rotatable bonds is 7. The molecule has 1 unspecified atom stereocenters. The van der Waals surface area contributed by atoms with Gasteiger partial charge in [-0.25, -0.2) is 0 Å². The van der Waals surface area contributed by atoms with Crippen molar-refractivity contribution in [1.82, 2.24) is 5.32 Å². The average molecular weight is 251 g/mol. The molecule has 1 aromatic heterocycles. The first kappa shape index (κ1) is 13.1. The summed E-state index contributed by atoms with van der Waals surface area (Å²) in [6.45, 7) is 3.39. The lowest BCUT2D eigenvalue weighted by atomic mass is 9.96. The zero-order chi connectivity index (χ0) is 11.9. The summed E-state index contributed by atoms with van der Waals surface area (Å²) >= 11 is 1.82. The van der Waals surface area contributed by atoms with E-state index in [1.165, 1.54) is 50.5 Å². The van der Waals surface area contributed by atoms with Crippen LogP contribution in [0, 0.1) is 5.92 Å². The maximum Gasteiger partial charge on any atom is 0.0328 e. The van der Waals surface area contributed by atoms with Gasteiger partial charge in [0, 0.05) is 6.04 Å². The van der Waals surface area contributed by atoms with E-state index in [9.17, 15) is 0 Å². The van der Waals surface area contributed by atoms with Gasteiger partial charge in [-0.05, 0) is 54.1 Å². The number of hydrogen-bond acceptors (Lipinski definition) is 2. The molecule has 0 aliphatic heterocycles. The van der Waals surface area contributed by atoms with Crippen LogP contribution in [-0.2, 0) is 0 Å². The maximum absolute atomic E-state index is 3.70. The van der Waals surface area contributed by atoms with Crippen molar-refractivity contribution in [3.63, 3.8) is 0 Å². The fourth-order valence-electron chi connectivity index (χ4n) is 2.88. The predicted octanol–water partition coefficient (Wildman–Crippen LogP) is 4.76. The third-order valence-electron chi connectivity index (χ3n) is 3.92. The summed E-state index contributed by atoms with van der Waals surface area (Å²) in [5.74, 6) is 1.01. The van der Waals surface area contributed by atoms with Gasteiger partial charge in [-0.2, -0.15) is 11.3 Å². The Labute approximate surface area is 110 Å². The van der Waals surface area contributed by atoms with Crippen LogP contribution in [-0.4, -0.2) is 6.54 Å². The molecular formula is C15H25NS. The Bertz CT molecular complexity index is 288. The summed E-state index contributed by atoms with van der Waals surface area (Å²) in [5, 5.41) is 8.21. The van der Waals surface area contributed by atoms with E-state index in [1.54, 1.807) is 0 Å². The van der Waals surface area contributed by atoms with E-state index in [0.717, 1.165) is 12.5 Å². The largest absolute Gasteiger partial charge is 0.310 e. The van der Waals surface area contributed by atoms with Gasteiger partial charge in [0.2, 0.25) is 0 Å². The summed E-state index contributed by atoms with van der Waals surface area (Å²) in [5.41, 5.74) is 1.50. The Hall–Kier alpha value is -0.340. The molecule has 17 heavy (non-hydrogen) atoms. The first-order chi connectivity index (χ1) is 8.40. The molecule has 1 aliphatic rings. The van der Waals surface area contributed by atoms with Crippen molar-refractivity contribution >= 4 is 11.3 Å². The second-order valence-electron chi connectivity index (χ2n) is 5.29. The molecule has 1 aliphatic carbocycles. The van der Waals surface area contributed by atoms with Crippen LogP contribution in [0.2, 0.25) is 0 Å². The van der Waals surface area contributed by atoms with Crippen molar-refractivity contribution in [2.75, 3.05) is 6.54 Å². The highest BCUT2D eigenvalue weighted by atomic mass is 32.1. The molecule has 0 radical (unpaired) electrons. The highest BCUT2D eigenvalue weighted by Crippen LogP contribution is 2.31. The van der Waals surface area contributed by atoms with Crippen molar-refractivity contribution in [2.45, 2.75) is 57.9 Å². The molecule has 1 atom stereocenters. The van der Waals surface area contributed by atoms with Gasteiger partial charge < -0.3 is 5.32 Å².